The fourth-order valence-electron chi connectivity index (χ4n) is 6.80. The third-order valence-corrected chi connectivity index (χ3v) is 9.74. The number of nitrogens with one attached hydrogen (secondary N) is 1. The van der Waals surface area contributed by atoms with Gasteiger partial charge in [0.15, 0.2) is 5.78 Å². The van der Waals surface area contributed by atoms with E-state index in [2.05, 4.69) is 18.5 Å². The number of ether oxygens (including phenoxy) is 2. The van der Waals surface area contributed by atoms with Crippen LogP contribution in [0.15, 0.2) is 36.9 Å². The van der Waals surface area contributed by atoms with Crippen molar-refractivity contribution in [3.05, 3.63) is 93.1 Å². The number of Topliss-reactive ketones (excluding diaryl/α,β-unsaturated/α-hetero) is 1. The van der Waals surface area contributed by atoms with Gasteiger partial charge in [0.05, 0.1) is 35.4 Å². The number of allylic oxidation sites excluding steroid dienone is 5. The number of nitrogens with zero attached hydrogens (tertiary/aromatic N) is 2. The molecule has 4 heterocycles. The van der Waals surface area contributed by atoms with Gasteiger partial charge in [-0.05, 0) is 112 Å². The summed E-state index contributed by atoms with van der Waals surface area (Å²) in [4.78, 5) is 53.8. The van der Waals surface area contributed by atoms with Crippen LogP contribution in [0.25, 0.3) is 39.4 Å². The summed E-state index contributed by atoms with van der Waals surface area (Å²) in [6, 6.07) is 5.79. The summed E-state index contributed by atoms with van der Waals surface area (Å²) >= 11 is 0. The van der Waals surface area contributed by atoms with E-state index in [4.69, 9.17) is 25.2 Å². The van der Waals surface area contributed by atoms with Gasteiger partial charge in [-0.2, -0.15) is 0 Å². The third kappa shape index (κ3) is 6.21. The van der Waals surface area contributed by atoms with Crippen LogP contribution < -0.4 is 5.73 Å². The zero-order valence-electron chi connectivity index (χ0n) is 29.6. The minimum Gasteiger partial charge on any atom is -0.468 e. The standard InChI is InChI=1S/C40H44N4O5/c1-10-13-16-49-33(45)15-14-27-23(7)29-17-20(4)21(5)25(11-2)28(41)18-30-22(6)26(12-3)32(42-30)19-31-24(8)34-38(44-31)35(37(27)43-29)36(39(34)46)40(47)48-9/h10-11,13,17-19,36,44H,2,12,14-16,41H2,1,3-9H3. The van der Waals surface area contributed by atoms with Crippen LogP contribution in [0, 0.1) is 20.8 Å². The molecular formula is C40H44N4O5. The summed E-state index contributed by atoms with van der Waals surface area (Å²) in [5, 5.41) is 0. The zero-order chi connectivity index (χ0) is 35.7. The molecule has 5 rings (SSSR count). The highest BCUT2D eigenvalue weighted by atomic mass is 16.5. The number of nitrogens with two attached hydrogens (primary N) is 1. The molecule has 0 amide bonds. The van der Waals surface area contributed by atoms with Crippen molar-refractivity contribution in [3.63, 3.8) is 0 Å². The monoisotopic (exact) mass is 660 g/mol. The van der Waals surface area contributed by atoms with E-state index in [1.165, 1.54) is 7.11 Å². The molecule has 0 aromatic carbocycles. The number of carbonyl (C=O) groups excluding carboxylic acids is 3. The number of hydrogen-bond donors (Lipinski definition) is 2. The van der Waals surface area contributed by atoms with Crippen molar-refractivity contribution in [1.29, 1.82) is 0 Å². The maximum absolute atomic E-state index is 14.2. The Labute approximate surface area is 287 Å². The van der Waals surface area contributed by atoms with Crippen molar-refractivity contribution in [2.24, 2.45) is 0 Å². The molecular weight excluding hydrogens is 616 g/mol. The van der Waals surface area contributed by atoms with E-state index in [0.29, 0.717) is 44.8 Å². The van der Waals surface area contributed by atoms with Gasteiger partial charge in [0.1, 0.15) is 12.5 Å². The Kier molecular flexibility index (Phi) is 10.0. The smallest absolute Gasteiger partial charge is 0.321 e. The first kappa shape index (κ1) is 35.0. The molecule has 9 heteroatoms. The lowest BCUT2D eigenvalue weighted by Gasteiger charge is -2.12. The second-order valence-electron chi connectivity index (χ2n) is 12.5. The van der Waals surface area contributed by atoms with Gasteiger partial charge >= 0.3 is 11.9 Å². The van der Waals surface area contributed by atoms with Crippen LogP contribution in [0.3, 0.4) is 0 Å². The zero-order valence-corrected chi connectivity index (χ0v) is 29.6. The van der Waals surface area contributed by atoms with Crippen molar-refractivity contribution in [1.82, 2.24) is 15.0 Å². The van der Waals surface area contributed by atoms with Crippen LogP contribution in [0.5, 0.6) is 0 Å². The number of aromatic nitrogens is 3. The van der Waals surface area contributed by atoms with Crippen LogP contribution in [0.4, 0.5) is 5.69 Å². The molecule has 1 aliphatic carbocycles. The Morgan fingerprint density at radius 2 is 1.69 bits per heavy atom. The molecule has 0 radical (unpaired) electrons. The van der Waals surface area contributed by atoms with Gasteiger partial charge in [-0.15, -0.1) is 0 Å². The first-order chi connectivity index (χ1) is 23.4. The van der Waals surface area contributed by atoms with E-state index >= 15 is 0 Å². The Bertz CT molecular complexity index is 2100. The fourth-order valence-corrected chi connectivity index (χ4v) is 6.80. The molecule has 6 bridgehead atoms. The number of rotatable bonds is 8. The molecule has 0 saturated carbocycles. The summed E-state index contributed by atoms with van der Waals surface area (Å²) in [5.41, 5.74) is 18.9. The van der Waals surface area contributed by atoms with E-state index in [1.807, 2.05) is 65.8 Å². The second-order valence-corrected chi connectivity index (χ2v) is 12.5. The molecule has 3 aliphatic rings. The molecule has 2 aliphatic heterocycles. The molecule has 2 aromatic rings. The van der Waals surface area contributed by atoms with Crippen LogP contribution in [-0.4, -0.2) is 46.4 Å². The van der Waals surface area contributed by atoms with E-state index in [1.54, 1.807) is 12.2 Å². The van der Waals surface area contributed by atoms with E-state index in [9.17, 15) is 14.4 Å². The molecule has 0 spiro atoms. The summed E-state index contributed by atoms with van der Waals surface area (Å²) in [7, 11) is 1.27. The maximum Gasteiger partial charge on any atom is 0.321 e. The minimum absolute atomic E-state index is 0.0873. The number of nitrogen functional groups attached to an aromatic ring is 1. The summed E-state index contributed by atoms with van der Waals surface area (Å²) < 4.78 is 10.6. The highest BCUT2D eigenvalue weighted by Crippen LogP contribution is 2.45. The van der Waals surface area contributed by atoms with Gasteiger partial charge in [0, 0.05) is 34.3 Å². The second kappa shape index (κ2) is 14.0. The first-order valence-corrected chi connectivity index (χ1v) is 16.5. The molecule has 1 atom stereocenters. The molecule has 0 saturated heterocycles. The Morgan fingerprint density at radius 3 is 2.35 bits per heavy atom. The number of esters is 2. The average Bonchev–Trinajstić information content (AvgIpc) is 3.74. The number of fused-ring (bicyclic) bond motifs is 6. The highest BCUT2D eigenvalue weighted by molar-refractivity contribution is 6.24. The fraction of sp³-hybridized carbons (Fsp3) is 0.325. The van der Waals surface area contributed by atoms with Crippen molar-refractivity contribution >= 4 is 62.8 Å². The number of aryl methyl sites for hydroxylation is 2. The maximum atomic E-state index is 14.2. The van der Waals surface area contributed by atoms with Crippen LogP contribution in [0.1, 0.15) is 114 Å². The van der Waals surface area contributed by atoms with E-state index in [0.717, 1.165) is 56.8 Å². The number of carbonyl (C=O) groups is 3. The summed E-state index contributed by atoms with van der Waals surface area (Å²) in [6.45, 7) is 18.0. The van der Waals surface area contributed by atoms with Crippen molar-refractivity contribution < 1.29 is 23.9 Å². The van der Waals surface area contributed by atoms with Gasteiger partial charge in [0.25, 0.3) is 0 Å². The van der Waals surface area contributed by atoms with Crippen molar-refractivity contribution in [3.8, 4) is 0 Å². The van der Waals surface area contributed by atoms with Gasteiger partial charge < -0.3 is 20.2 Å². The molecule has 1 unspecified atom stereocenters. The van der Waals surface area contributed by atoms with E-state index in [-0.39, 0.29) is 31.2 Å². The number of H-pyrrole nitrogens is 1. The van der Waals surface area contributed by atoms with Gasteiger partial charge in [-0.1, -0.05) is 31.7 Å². The van der Waals surface area contributed by atoms with Crippen molar-refractivity contribution in [2.45, 2.75) is 73.6 Å². The van der Waals surface area contributed by atoms with Gasteiger partial charge in [-0.25, -0.2) is 9.97 Å². The lowest BCUT2D eigenvalue weighted by Crippen LogP contribution is -2.20. The van der Waals surface area contributed by atoms with E-state index < -0.39 is 11.9 Å². The molecule has 9 nitrogen and oxygen atoms in total. The quantitative estimate of drug-likeness (QED) is 0.164. The highest BCUT2D eigenvalue weighted by Gasteiger charge is 2.43. The normalized spacial score (nSPS) is 15.2. The molecule has 0 fully saturated rings. The Morgan fingerprint density at radius 1 is 1.00 bits per heavy atom. The first-order valence-electron chi connectivity index (χ1n) is 16.5. The van der Waals surface area contributed by atoms with Gasteiger partial charge in [0.2, 0.25) is 0 Å². The Balaban J connectivity index is 1.94. The molecule has 254 valence electrons. The SMILES string of the molecule is C=Cc1c(N)cc2nc(cc3[nH]c4c(c3C)C(=O)C(C(=O)OC)c4c3nc(cc(C)c1C)C(C)=C3CCC(=O)OCC=CC)C(CC)=C2C. The summed E-state index contributed by atoms with van der Waals surface area (Å²) in [6.07, 6.45) is 6.44. The number of ketones is 1. The predicted octanol–water partition coefficient (Wildman–Crippen LogP) is 8.17. The molecule has 49 heavy (non-hydrogen) atoms. The average molecular weight is 661 g/mol. The topological polar surface area (TPSA) is 137 Å². The summed E-state index contributed by atoms with van der Waals surface area (Å²) in [5.74, 6) is -2.61. The van der Waals surface area contributed by atoms with Crippen LogP contribution >= 0.6 is 0 Å². The molecule has 3 N–H and O–H groups in total. The number of anilines is 1. The van der Waals surface area contributed by atoms with Gasteiger partial charge in [-0.3, -0.25) is 14.4 Å². The number of methoxy groups -OCH3 is 1. The third-order valence-electron chi connectivity index (χ3n) is 9.74. The van der Waals surface area contributed by atoms with Crippen LogP contribution in [0.2, 0.25) is 0 Å². The minimum atomic E-state index is -1.22. The predicted molar refractivity (Wildman–Crippen MR) is 196 cm³/mol. The lowest BCUT2D eigenvalue weighted by atomic mass is 9.92. The molecule has 2 aromatic heterocycles. The van der Waals surface area contributed by atoms with Crippen LogP contribution in [-0.2, 0) is 19.1 Å². The van der Waals surface area contributed by atoms with Crippen molar-refractivity contribution in [2.75, 3.05) is 19.5 Å². The lowest BCUT2D eigenvalue weighted by molar-refractivity contribution is -0.142. The largest absolute Gasteiger partial charge is 0.468 e. The number of hydrogen-bond acceptors (Lipinski definition) is 8. The number of aromatic amines is 1. The Hall–Kier alpha value is -5.31.